The minimum atomic E-state index is -0.408. The van der Waals surface area contributed by atoms with Crippen LogP contribution in [0, 0.1) is 12.9 Å². The Morgan fingerprint density at radius 1 is 1.62 bits per heavy atom. The third kappa shape index (κ3) is 2.63. The van der Waals surface area contributed by atoms with Crippen molar-refractivity contribution in [1.29, 1.82) is 0 Å². The molecule has 2 N–H and O–H groups in total. The van der Waals surface area contributed by atoms with Crippen LogP contribution in [-0.2, 0) is 0 Å². The maximum atomic E-state index is 12.9. The van der Waals surface area contributed by atoms with Gasteiger partial charge in [0.25, 0.3) is 0 Å². The lowest BCUT2D eigenvalue weighted by Gasteiger charge is -1.99. The van der Waals surface area contributed by atoms with Gasteiger partial charge >= 0.3 is 0 Å². The predicted octanol–water partition coefficient (Wildman–Crippen LogP) is 1.89. The van der Waals surface area contributed by atoms with Gasteiger partial charge in [0.05, 0.1) is 0 Å². The Morgan fingerprint density at radius 3 is 3.08 bits per heavy atom. The molecule has 0 bridgehead atoms. The second-order valence-electron chi connectivity index (χ2n) is 2.80. The van der Waals surface area contributed by atoms with Gasteiger partial charge < -0.3 is 5.73 Å². The first-order valence-corrected chi connectivity index (χ1v) is 4.23. The van der Waals surface area contributed by atoms with E-state index < -0.39 is 5.95 Å². The van der Waals surface area contributed by atoms with E-state index in [-0.39, 0.29) is 0 Å². The highest BCUT2D eigenvalue weighted by molar-refractivity contribution is 5.52. The molecule has 3 heteroatoms. The first kappa shape index (κ1) is 9.86. The summed E-state index contributed by atoms with van der Waals surface area (Å²) in [5, 5.41) is 0. The summed E-state index contributed by atoms with van der Waals surface area (Å²) < 4.78 is 12.9. The zero-order valence-electron chi connectivity index (χ0n) is 7.63. The number of hydrogen-bond acceptors (Lipinski definition) is 2. The first-order chi connectivity index (χ1) is 6.25. The Kier molecular flexibility index (Phi) is 3.58. The smallest absolute Gasteiger partial charge is 0.216 e. The Bertz CT molecular complexity index is 308. The Hall–Kier alpha value is -1.22. The molecule has 1 aromatic heterocycles. The Morgan fingerprint density at radius 2 is 2.38 bits per heavy atom. The molecule has 0 aliphatic rings. The SMILES string of the molecule is Cc1c(C=CCCN)ccnc1F. The third-order valence-corrected chi connectivity index (χ3v) is 1.82. The summed E-state index contributed by atoms with van der Waals surface area (Å²) in [6.45, 7) is 2.33. The van der Waals surface area contributed by atoms with E-state index in [2.05, 4.69) is 4.98 Å². The van der Waals surface area contributed by atoms with Gasteiger partial charge in [-0.05, 0) is 31.5 Å². The summed E-state index contributed by atoms with van der Waals surface area (Å²) in [7, 11) is 0. The van der Waals surface area contributed by atoms with Crippen LogP contribution in [-0.4, -0.2) is 11.5 Å². The molecule has 0 saturated heterocycles. The number of nitrogens with zero attached hydrogens (tertiary/aromatic N) is 1. The number of halogens is 1. The average molecular weight is 180 g/mol. The summed E-state index contributed by atoms with van der Waals surface area (Å²) in [5.41, 5.74) is 6.76. The summed E-state index contributed by atoms with van der Waals surface area (Å²) in [4.78, 5) is 3.54. The number of nitrogens with two attached hydrogens (primary N) is 1. The minimum absolute atomic E-state index is 0.408. The molecule has 0 atom stereocenters. The fraction of sp³-hybridized carbons (Fsp3) is 0.300. The number of pyridine rings is 1. The fourth-order valence-electron chi connectivity index (χ4n) is 1.01. The van der Waals surface area contributed by atoms with Crippen LogP contribution >= 0.6 is 0 Å². The van der Waals surface area contributed by atoms with Gasteiger partial charge in [-0.2, -0.15) is 4.39 Å². The molecule has 0 unspecified atom stereocenters. The van der Waals surface area contributed by atoms with Crippen molar-refractivity contribution >= 4 is 6.08 Å². The molecule has 0 spiro atoms. The summed E-state index contributed by atoms with van der Waals surface area (Å²) in [6.07, 6.45) is 6.07. The molecule has 0 aromatic carbocycles. The molecule has 1 aromatic rings. The van der Waals surface area contributed by atoms with E-state index in [9.17, 15) is 4.39 Å². The van der Waals surface area contributed by atoms with E-state index >= 15 is 0 Å². The van der Waals surface area contributed by atoms with Gasteiger partial charge in [0, 0.05) is 11.8 Å². The van der Waals surface area contributed by atoms with E-state index in [4.69, 9.17) is 5.73 Å². The van der Waals surface area contributed by atoms with E-state index in [0.717, 1.165) is 12.0 Å². The quantitative estimate of drug-likeness (QED) is 0.721. The van der Waals surface area contributed by atoms with Gasteiger partial charge in [-0.3, -0.25) is 0 Å². The Balaban J connectivity index is 2.83. The topological polar surface area (TPSA) is 38.9 Å². The van der Waals surface area contributed by atoms with Crippen molar-refractivity contribution in [3.8, 4) is 0 Å². The second kappa shape index (κ2) is 4.72. The maximum absolute atomic E-state index is 12.9. The van der Waals surface area contributed by atoms with E-state index in [0.29, 0.717) is 12.1 Å². The van der Waals surface area contributed by atoms with E-state index in [1.807, 2.05) is 12.2 Å². The lowest BCUT2D eigenvalue weighted by Crippen LogP contribution is -1.95. The lowest BCUT2D eigenvalue weighted by atomic mass is 10.1. The second-order valence-corrected chi connectivity index (χ2v) is 2.80. The lowest BCUT2D eigenvalue weighted by molar-refractivity contribution is 0.574. The zero-order chi connectivity index (χ0) is 9.68. The van der Waals surface area contributed by atoms with Crippen LogP contribution in [0.2, 0.25) is 0 Å². The highest BCUT2D eigenvalue weighted by Crippen LogP contribution is 2.11. The standard InChI is InChI=1S/C10H13FN2/c1-8-9(4-2-3-6-12)5-7-13-10(8)11/h2,4-5,7H,3,6,12H2,1H3. The molecule has 0 radical (unpaired) electrons. The van der Waals surface area contributed by atoms with E-state index in [1.165, 1.54) is 6.20 Å². The zero-order valence-corrected chi connectivity index (χ0v) is 7.63. The molecule has 0 amide bonds. The van der Waals surface area contributed by atoms with Crippen molar-refractivity contribution in [2.24, 2.45) is 5.73 Å². The van der Waals surface area contributed by atoms with Gasteiger partial charge in [0.15, 0.2) is 0 Å². The number of hydrogen-bond donors (Lipinski definition) is 1. The number of rotatable bonds is 3. The molecule has 70 valence electrons. The van der Waals surface area contributed by atoms with Crippen LogP contribution in [0.4, 0.5) is 4.39 Å². The van der Waals surface area contributed by atoms with Crippen molar-refractivity contribution in [2.45, 2.75) is 13.3 Å². The first-order valence-electron chi connectivity index (χ1n) is 4.23. The van der Waals surface area contributed by atoms with Gasteiger partial charge in [-0.1, -0.05) is 12.2 Å². The largest absolute Gasteiger partial charge is 0.330 e. The monoisotopic (exact) mass is 180 g/mol. The number of aromatic nitrogens is 1. The van der Waals surface area contributed by atoms with Crippen molar-refractivity contribution < 1.29 is 4.39 Å². The Labute approximate surface area is 77.3 Å². The van der Waals surface area contributed by atoms with E-state index in [1.54, 1.807) is 13.0 Å². The minimum Gasteiger partial charge on any atom is -0.330 e. The molecule has 0 fully saturated rings. The molecular weight excluding hydrogens is 167 g/mol. The van der Waals surface area contributed by atoms with Gasteiger partial charge in [0.2, 0.25) is 5.95 Å². The fourth-order valence-corrected chi connectivity index (χ4v) is 1.01. The van der Waals surface area contributed by atoms with Crippen LogP contribution in [0.1, 0.15) is 17.5 Å². The van der Waals surface area contributed by atoms with Crippen molar-refractivity contribution in [1.82, 2.24) is 4.98 Å². The normalized spacial score (nSPS) is 11.0. The molecule has 0 saturated carbocycles. The maximum Gasteiger partial charge on any atom is 0.216 e. The van der Waals surface area contributed by atoms with Crippen molar-refractivity contribution in [2.75, 3.05) is 6.54 Å². The van der Waals surface area contributed by atoms with Crippen LogP contribution in [0.15, 0.2) is 18.3 Å². The van der Waals surface area contributed by atoms with Gasteiger partial charge in [0.1, 0.15) is 0 Å². The van der Waals surface area contributed by atoms with Crippen LogP contribution in [0.25, 0.3) is 6.08 Å². The average Bonchev–Trinajstić information content (AvgIpc) is 2.13. The highest BCUT2D eigenvalue weighted by atomic mass is 19.1. The highest BCUT2D eigenvalue weighted by Gasteiger charge is 2.00. The summed E-state index contributed by atoms with van der Waals surface area (Å²) in [6, 6.07) is 1.78. The molecule has 1 rings (SSSR count). The molecule has 2 nitrogen and oxygen atoms in total. The van der Waals surface area contributed by atoms with Crippen LogP contribution in [0.3, 0.4) is 0 Å². The molecule has 13 heavy (non-hydrogen) atoms. The van der Waals surface area contributed by atoms with Crippen LogP contribution in [0.5, 0.6) is 0 Å². The van der Waals surface area contributed by atoms with Crippen molar-refractivity contribution in [3.63, 3.8) is 0 Å². The molecular formula is C10H13FN2. The molecule has 0 aliphatic carbocycles. The van der Waals surface area contributed by atoms with Crippen molar-refractivity contribution in [3.05, 3.63) is 35.4 Å². The predicted molar refractivity (Wildman–Crippen MR) is 51.6 cm³/mol. The van der Waals surface area contributed by atoms with Gasteiger partial charge in [-0.25, -0.2) is 4.98 Å². The molecule has 0 aliphatic heterocycles. The summed E-state index contributed by atoms with van der Waals surface area (Å²) in [5.74, 6) is -0.408. The van der Waals surface area contributed by atoms with Gasteiger partial charge in [-0.15, -0.1) is 0 Å². The third-order valence-electron chi connectivity index (χ3n) is 1.82. The van der Waals surface area contributed by atoms with Crippen LogP contribution < -0.4 is 5.73 Å². The summed E-state index contributed by atoms with van der Waals surface area (Å²) >= 11 is 0. The molecule has 1 heterocycles.